The van der Waals surface area contributed by atoms with Crippen LogP contribution in [0.4, 0.5) is 5.69 Å². The maximum Gasteiger partial charge on any atom is 0.265 e. The molecule has 2 aromatic rings. The maximum atomic E-state index is 13.1. The number of anilines is 1. The van der Waals surface area contributed by atoms with Crippen molar-refractivity contribution in [1.29, 1.82) is 0 Å². The molecular weight excluding hydrogens is 408 g/mol. The molecule has 30 heavy (non-hydrogen) atoms. The lowest BCUT2D eigenvalue weighted by Gasteiger charge is -2.27. The van der Waals surface area contributed by atoms with E-state index in [1.807, 2.05) is 18.2 Å². The second-order valence-electron chi connectivity index (χ2n) is 6.67. The third kappa shape index (κ3) is 5.29. The standard InChI is InChI=1S/C21H26N2O6S/c1-3-28-19-10-9-17(15-20(19)30(25,26)23-11-13-27-14-12-23)22-21(24)16(2)29-18-7-5-4-6-8-18/h4-10,15-16H,3,11-14H2,1-2H3,(H,22,24). The van der Waals surface area contributed by atoms with E-state index in [0.717, 1.165) is 0 Å². The van der Waals surface area contributed by atoms with Crippen molar-refractivity contribution in [3.63, 3.8) is 0 Å². The minimum atomic E-state index is -3.80. The lowest BCUT2D eigenvalue weighted by molar-refractivity contribution is -0.122. The summed E-state index contributed by atoms with van der Waals surface area (Å²) in [6, 6.07) is 13.6. The molecule has 8 nitrogen and oxygen atoms in total. The van der Waals surface area contributed by atoms with Crippen molar-refractivity contribution < 1.29 is 27.4 Å². The van der Waals surface area contributed by atoms with Crippen LogP contribution in [-0.2, 0) is 19.6 Å². The number of hydrogen-bond acceptors (Lipinski definition) is 6. The minimum absolute atomic E-state index is 0.0145. The zero-order valence-corrected chi connectivity index (χ0v) is 17.9. The molecule has 0 spiro atoms. The van der Waals surface area contributed by atoms with Crippen molar-refractivity contribution in [2.24, 2.45) is 0 Å². The second-order valence-corrected chi connectivity index (χ2v) is 8.58. The summed E-state index contributed by atoms with van der Waals surface area (Å²) in [6.45, 7) is 4.95. The van der Waals surface area contributed by atoms with Gasteiger partial charge in [-0.3, -0.25) is 4.79 Å². The molecule has 1 fully saturated rings. The van der Waals surface area contributed by atoms with Crippen molar-refractivity contribution in [3.8, 4) is 11.5 Å². The summed E-state index contributed by atoms with van der Waals surface area (Å²) >= 11 is 0. The molecule has 3 rings (SSSR count). The smallest absolute Gasteiger partial charge is 0.265 e. The fourth-order valence-corrected chi connectivity index (χ4v) is 4.55. The molecule has 1 aliphatic heterocycles. The molecule has 1 saturated heterocycles. The average Bonchev–Trinajstić information content (AvgIpc) is 2.76. The SMILES string of the molecule is CCOc1ccc(NC(=O)C(C)Oc2ccccc2)cc1S(=O)(=O)N1CCOCC1. The topological polar surface area (TPSA) is 94.2 Å². The number of ether oxygens (including phenoxy) is 3. The first-order valence-corrected chi connectivity index (χ1v) is 11.2. The molecule has 0 aromatic heterocycles. The lowest BCUT2D eigenvalue weighted by atomic mass is 10.2. The van der Waals surface area contributed by atoms with E-state index in [4.69, 9.17) is 14.2 Å². The van der Waals surface area contributed by atoms with Crippen molar-refractivity contribution >= 4 is 21.6 Å². The van der Waals surface area contributed by atoms with Gasteiger partial charge in [-0.1, -0.05) is 18.2 Å². The number of morpholine rings is 1. The number of nitrogens with one attached hydrogen (secondary N) is 1. The van der Waals surface area contributed by atoms with E-state index in [-0.39, 0.29) is 23.7 Å². The summed E-state index contributed by atoms with van der Waals surface area (Å²) in [5.74, 6) is 0.427. The molecular formula is C21H26N2O6S. The Balaban J connectivity index is 1.80. The highest BCUT2D eigenvalue weighted by Gasteiger charge is 2.30. The minimum Gasteiger partial charge on any atom is -0.492 e. The number of sulfonamides is 1. The first-order chi connectivity index (χ1) is 14.4. The number of hydrogen-bond donors (Lipinski definition) is 1. The van der Waals surface area contributed by atoms with Crippen LogP contribution in [0, 0.1) is 0 Å². The van der Waals surface area contributed by atoms with E-state index in [9.17, 15) is 13.2 Å². The number of carbonyl (C=O) groups excluding carboxylic acids is 1. The quantitative estimate of drug-likeness (QED) is 0.686. The molecule has 1 atom stereocenters. The van der Waals surface area contributed by atoms with Gasteiger partial charge in [0, 0.05) is 18.8 Å². The molecule has 1 heterocycles. The first kappa shape index (κ1) is 22.1. The Kier molecular flexibility index (Phi) is 7.30. The van der Waals surface area contributed by atoms with E-state index >= 15 is 0 Å². The van der Waals surface area contributed by atoms with Crippen LogP contribution in [-0.4, -0.2) is 57.6 Å². The van der Waals surface area contributed by atoms with Crippen molar-refractivity contribution in [3.05, 3.63) is 48.5 Å². The summed E-state index contributed by atoms with van der Waals surface area (Å²) in [7, 11) is -3.80. The van der Waals surface area contributed by atoms with E-state index in [2.05, 4.69) is 5.32 Å². The Bertz CT molecular complexity index is 959. The molecule has 1 aliphatic rings. The summed E-state index contributed by atoms with van der Waals surface area (Å²) in [5, 5.41) is 2.72. The number of amides is 1. The van der Waals surface area contributed by atoms with E-state index in [1.165, 1.54) is 10.4 Å². The largest absolute Gasteiger partial charge is 0.492 e. The fourth-order valence-electron chi connectivity index (χ4n) is 2.99. The molecule has 1 N–H and O–H groups in total. The summed E-state index contributed by atoms with van der Waals surface area (Å²) < 4.78 is 44.1. The molecule has 2 aromatic carbocycles. The summed E-state index contributed by atoms with van der Waals surface area (Å²) in [4.78, 5) is 12.6. The van der Waals surface area contributed by atoms with Crippen LogP contribution in [0.5, 0.6) is 11.5 Å². The zero-order chi connectivity index (χ0) is 21.6. The van der Waals surface area contributed by atoms with Crippen LogP contribution in [0.1, 0.15) is 13.8 Å². The monoisotopic (exact) mass is 434 g/mol. The lowest BCUT2D eigenvalue weighted by Crippen LogP contribution is -2.40. The normalized spacial score (nSPS) is 15.9. The average molecular weight is 435 g/mol. The maximum absolute atomic E-state index is 13.1. The van der Waals surface area contributed by atoms with E-state index in [1.54, 1.807) is 38.1 Å². The highest BCUT2D eigenvalue weighted by Crippen LogP contribution is 2.30. The van der Waals surface area contributed by atoms with Gasteiger partial charge in [0.2, 0.25) is 10.0 Å². The van der Waals surface area contributed by atoms with Crippen LogP contribution >= 0.6 is 0 Å². The molecule has 9 heteroatoms. The van der Waals surface area contributed by atoms with Gasteiger partial charge in [0.15, 0.2) is 6.10 Å². The molecule has 0 radical (unpaired) electrons. The Morgan fingerprint density at radius 3 is 2.53 bits per heavy atom. The van der Waals surface area contributed by atoms with E-state index in [0.29, 0.717) is 31.3 Å². The van der Waals surface area contributed by atoms with Gasteiger partial charge in [0.05, 0.1) is 19.8 Å². The van der Waals surface area contributed by atoms with Crippen molar-refractivity contribution in [2.45, 2.75) is 24.8 Å². The van der Waals surface area contributed by atoms with Crippen LogP contribution in [0.15, 0.2) is 53.4 Å². The van der Waals surface area contributed by atoms with Crippen LogP contribution in [0.25, 0.3) is 0 Å². The second kappa shape index (κ2) is 9.92. The summed E-state index contributed by atoms with van der Waals surface area (Å²) in [6.07, 6.45) is -0.765. The molecule has 1 amide bonds. The van der Waals surface area contributed by atoms with Gasteiger partial charge in [-0.05, 0) is 44.2 Å². The molecule has 162 valence electrons. The van der Waals surface area contributed by atoms with Gasteiger partial charge in [-0.15, -0.1) is 0 Å². The Hall–Kier alpha value is -2.62. The van der Waals surface area contributed by atoms with E-state index < -0.39 is 22.0 Å². The number of benzene rings is 2. The third-order valence-electron chi connectivity index (χ3n) is 4.52. The predicted octanol–water partition coefficient (Wildman–Crippen LogP) is 2.51. The zero-order valence-electron chi connectivity index (χ0n) is 17.0. The molecule has 1 unspecified atom stereocenters. The number of para-hydroxylation sites is 1. The highest BCUT2D eigenvalue weighted by atomic mass is 32.2. The van der Waals surface area contributed by atoms with Gasteiger partial charge in [0.1, 0.15) is 16.4 Å². The summed E-state index contributed by atoms with van der Waals surface area (Å²) in [5.41, 5.74) is 0.346. The molecule has 0 saturated carbocycles. The Labute approximate surface area is 176 Å². The fraction of sp³-hybridized carbons (Fsp3) is 0.381. The number of carbonyl (C=O) groups is 1. The third-order valence-corrected chi connectivity index (χ3v) is 6.44. The van der Waals surface area contributed by atoms with Crippen LogP contribution < -0.4 is 14.8 Å². The Morgan fingerprint density at radius 1 is 1.17 bits per heavy atom. The Morgan fingerprint density at radius 2 is 1.87 bits per heavy atom. The van der Waals surface area contributed by atoms with Crippen molar-refractivity contribution in [2.75, 3.05) is 38.2 Å². The van der Waals surface area contributed by atoms with Crippen LogP contribution in [0.3, 0.4) is 0 Å². The number of nitrogens with zero attached hydrogens (tertiary/aromatic N) is 1. The first-order valence-electron chi connectivity index (χ1n) is 9.79. The van der Waals surface area contributed by atoms with Gasteiger partial charge in [0.25, 0.3) is 5.91 Å². The van der Waals surface area contributed by atoms with Gasteiger partial charge in [-0.25, -0.2) is 8.42 Å². The predicted molar refractivity (Wildman–Crippen MR) is 112 cm³/mol. The van der Waals surface area contributed by atoms with Gasteiger partial charge < -0.3 is 19.5 Å². The molecule has 0 aliphatic carbocycles. The van der Waals surface area contributed by atoms with Gasteiger partial charge in [-0.2, -0.15) is 4.31 Å². The van der Waals surface area contributed by atoms with Crippen molar-refractivity contribution in [1.82, 2.24) is 4.31 Å². The molecule has 0 bridgehead atoms. The van der Waals surface area contributed by atoms with Gasteiger partial charge >= 0.3 is 0 Å². The van der Waals surface area contributed by atoms with Crippen LogP contribution in [0.2, 0.25) is 0 Å². The number of rotatable bonds is 8. The highest BCUT2D eigenvalue weighted by molar-refractivity contribution is 7.89.